The first-order valence-electron chi connectivity index (χ1n) is 13.1. The van der Waals surface area contributed by atoms with Crippen molar-refractivity contribution in [1.82, 2.24) is 10.2 Å². The molecule has 0 saturated carbocycles. The molecule has 0 spiro atoms. The van der Waals surface area contributed by atoms with Crippen LogP contribution in [0.15, 0.2) is 60.7 Å². The van der Waals surface area contributed by atoms with E-state index in [0.717, 1.165) is 11.1 Å². The Kier molecular flexibility index (Phi) is 8.04. The van der Waals surface area contributed by atoms with E-state index in [1.165, 1.54) is 23.1 Å². The Labute approximate surface area is 234 Å². The van der Waals surface area contributed by atoms with Crippen LogP contribution in [0.25, 0.3) is 0 Å². The van der Waals surface area contributed by atoms with E-state index in [1.807, 2.05) is 52.0 Å². The summed E-state index contributed by atoms with van der Waals surface area (Å²) in [4.78, 5) is 15.3. The lowest BCUT2D eigenvalue weighted by Crippen LogP contribution is -2.44. The van der Waals surface area contributed by atoms with Crippen molar-refractivity contribution in [3.63, 3.8) is 0 Å². The standard InChI is InChI=1S/C32H34ClF2N3O/c1-20-9-12-22(13-10-20)17-37-30(39)38-18-23(16-31(3,4)5)32(19-36,25-14-11-21(2)15-27(25)34)29(38)24-7-6-8-26(33)28(24)35/h6-15,23,29H,16-18H2,1-5H3,(H,37,39)/t23-,29-,32?/m1/s1. The normalized spacial score (nSPS) is 21.1. The summed E-state index contributed by atoms with van der Waals surface area (Å²) in [6.07, 6.45) is 0.508. The third-order valence-corrected chi connectivity index (χ3v) is 7.81. The van der Waals surface area contributed by atoms with Gasteiger partial charge < -0.3 is 10.2 Å². The number of urea groups is 1. The van der Waals surface area contributed by atoms with E-state index in [4.69, 9.17) is 11.6 Å². The average Bonchev–Trinajstić information content (AvgIpc) is 3.18. The number of hydrogen-bond acceptors (Lipinski definition) is 2. The number of carbonyl (C=O) groups excluding carboxylic acids is 1. The summed E-state index contributed by atoms with van der Waals surface area (Å²) >= 11 is 6.20. The number of halogens is 3. The van der Waals surface area contributed by atoms with Gasteiger partial charge in [-0.25, -0.2) is 13.6 Å². The van der Waals surface area contributed by atoms with E-state index in [0.29, 0.717) is 12.0 Å². The van der Waals surface area contributed by atoms with Gasteiger partial charge in [0.05, 0.1) is 17.1 Å². The van der Waals surface area contributed by atoms with Crippen LogP contribution >= 0.6 is 11.6 Å². The molecule has 1 heterocycles. The quantitative estimate of drug-likeness (QED) is 0.350. The molecule has 2 amide bonds. The number of hydrogen-bond donors (Lipinski definition) is 1. The van der Waals surface area contributed by atoms with Crippen molar-refractivity contribution >= 4 is 17.6 Å². The van der Waals surface area contributed by atoms with Gasteiger partial charge in [-0.15, -0.1) is 0 Å². The number of likely N-dealkylation sites (tertiary alicyclic amines) is 1. The predicted octanol–water partition coefficient (Wildman–Crippen LogP) is 8.02. The molecular formula is C32H34ClF2N3O. The van der Waals surface area contributed by atoms with Crippen molar-refractivity contribution in [3.05, 3.63) is 105 Å². The van der Waals surface area contributed by atoms with E-state index in [9.17, 15) is 10.1 Å². The topological polar surface area (TPSA) is 56.1 Å². The minimum atomic E-state index is -1.56. The number of nitrogens with one attached hydrogen (secondary N) is 1. The lowest BCUT2D eigenvalue weighted by molar-refractivity contribution is 0.184. The minimum absolute atomic E-state index is 0.0888. The molecule has 7 heteroatoms. The fraction of sp³-hybridized carbons (Fsp3) is 0.375. The molecule has 0 aliphatic carbocycles. The highest BCUT2D eigenvalue weighted by atomic mass is 35.5. The summed E-state index contributed by atoms with van der Waals surface area (Å²) in [5.74, 6) is -1.75. The first kappa shape index (κ1) is 28.6. The highest BCUT2D eigenvalue weighted by Gasteiger charge is 2.60. The molecule has 0 radical (unpaired) electrons. The number of nitrogens with zero attached hydrogens (tertiary/aromatic N) is 2. The zero-order chi connectivity index (χ0) is 28.5. The molecule has 1 N–H and O–H groups in total. The van der Waals surface area contributed by atoms with E-state index in [2.05, 4.69) is 11.4 Å². The van der Waals surface area contributed by atoms with Gasteiger partial charge in [0.1, 0.15) is 17.0 Å². The molecule has 4 nitrogen and oxygen atoms in total. The van der Waals surface area contributed by atoms with Crippen molar-refractivity contribution in [2.75, 3.05) is 6.54 Å². The zero-order valence-electron chi connectivity index (χ0n) is 23.0. The van der Waals surface area contributed by atoms with Crippen LogP contribution < -0.4 is 5.32 Å². The van der Waals surface area contributed by atoms with Crippen LogP contribution in [0.2, 0.25) is 5.02 Å². The Balaban J connectivity index is 1.89. The Hall–Kier alpha value is -3.43. The third kappa shape index (κ3) is 5.65. The summed E-state index contributed by atoms with van der Waals surface area (Å²) in [5, 5.41) is 13.7. The smallest absolute Gasteiger partial charge is 0.318 e. The molecular weight excluding hydrogens is 516 g/mol. The lowest BCUT2D eigenvalue weighted by atomic mass is 9.63. The van der Waals surface area contributed by atoms with Gasteiger partial charge in [-0.05, 0) is 48.9 Å². The molecule has 1 saturated heterocycles. The SMILES string of the molecule is Cc1ccc(CNC(=O)N2C[C@@H](CC(C)(C)C)C(C#N)(c3ccc(C)cc3F)[C@H]2c2cccc(Cl)c2F)cc1. The molecule has 3 atom stereocenters. The van der Waals surface area contributed by atoms with Crippen LogP contribution in [-0.4, -0.2) is 17.5 Å². The monoisotopic (exact) mass is 549 g/mol. The minimum Gasteiger partial charge on any atom is -0.334 e. The van der Waals surface area contributed by atoms with Crippen molar-refractivity contribution in [1.29, 1.82) is 5.26 Å². The molecule has 0 aromatic heterocycles. The second kappa shape index (κ2) is 11.0. The summed E-state index contributed by atoms with van der Waals surface area (Å²) < 4.78 is 31.5. The first-order chi connectivity index (χ1) is 18.4. The van der Waals surface area contributed by atoms with Gasteiger partial charge in [-0.3, -0.25) is 0 Å². The lowest BCUT2D eigenvalue weighted by Gasteiger charge is -2.38. The fourth-order valence-corrected chi connectivity index (χ4v) is 5.97. The molecule has 4 rings (SSSR count). The average molecular weight is 550 g/mol. The second-order valence-corrected chi connectivity index (χ2v) is 12.2. The van der Waals surface area contributed by atoms with Gasteiger partial charge in [0.15, 0.2) is 0 Å². The highest BCUT2D eigenvalue weighted by Crippen LogP contribution is 2.56. The van der Waals surface area contributed by atoms with Gasteiger partial charge in [-0.1, -0.05) is 86.5 Å². The fourth-order valence-electron chi connectivity index (χ4n) is 5.79. The van der Waals surface area contributed by atoms with Crippen LogP contribution in [0.5, 0.6) is 0 Å². The van der Waals surface area contributed by atoms with Gasteiger partial charge in [0.25, 0.3) is 0 Å². The number of rotatable bonds is 5. The number of amides is 2. The number of carbonyl (C=O) groups is 1. The van der Waals surface area contributed by atoms with Crippen molar-refractivity contribution in [2.45, 2.75) is 59.0 Å². The summed E-state index contributed by atoms with van der Waals surface area (Å²) in [5.41, 5.74) is 1.14. The Morgan fingerprint density at radius 1 is 1.10 bits per heavy atom. The van der Waals surface area contributed by atoms with Gasteiger partial charge in [0.2, 0.25) is 0 Å². The highest BCUT2D eigenvalue weighted by molar-refractivity contribution is 6.30. The third-order valence-electron chi connectivity index (χ3n) is 7.52. The van der Waals surface area contributed by atoms with Crippen molar-refractivity contribution in [3.8, 4) is 6.07 Å². The Morgan fingerprint density at radius 3 is 2.38 bits per heavy atom. The van der Waals surface area contributed by atoms with Crippen LogP contribution in [0.4, 0.5) is 13.6 Å². The maximum absolute atomic E-state index is 15.7. The molecule has 39 heavy (non-hydrogen) atoms. The molecule has 1 unspecified atom stereocenters. The second-order valence-electron chi connectivity index (χ2n) is 11.8. The van der Waals surface area contributed by atoms with E-state index in [1.54, 1.807) is 25.1 Å². The molecule has 1 aliphatic rings. The van der Waals surface area contributed by atoms with Crippen LogP contribution in [0.3, 0.4) is 0 Å². The van der Waals surface area contributed by atoms with Crippen LogP contribution in [-0.2, 0) is 12.0 Å². The zero-order valence-corrected chi connectivity index (χ0v) is 23.7. The van der Waals surface area contributed by atoms with E-state index >= 15 is 8.78 Å². The van der Waals surface area contributed by atoms with Crippen molar-refractivity contribution < 1.29 is 13.6 Å². The van der Waals surface area contributed by atoms with Gasteiger partial charge in [-0.2, -0.15) is 5.26 Å². The van der Waals surface area contributed by atoms with E-state index in [-0.39, 0.29) is 34.7 Å². The number of aryl methyl sites for hydroxylation is 2. The molecule has 204 valence electrons. The molecule has 1 aliphatic heterocycles. The van der Waals surface area contributed by atoms with Gasteiger partial charge >= 0.3 is 6.03 Å². The van der Waals surface area contributed by atoms with Crippen molar-refractivity contribution in [2.24, 2.45) is 11.3 Å². The molecule has 3 aromatic carbocycles. The molecule has 3 aromatic rings. The summed E-state index contributed by atoms with van der Waals surface area (Å²) in [6.45, 7) is 10.3. The Bertz CT molecular complexity index is 1410. The number of benzene rings is 3. The maximum atomic E-state index is 15.7. The van der Waals surface area contributed by atoms with E-state index < -0.39 is 35.0 Å². The van der Waals surface area contributed by atoms with Crippen LogP contribution in [0.1, 0.15) is 61.1 Å². The first-order valence-corrected chi connectivity index (χ1v) is 13.5. The Morgan fingerprint density at radius 2 is 1.77 bits per heavy atom. The summed E-state index contributed by atoms with van der Waals surface area (Å²) in [6, 6.07) is 17.9. The molecule has 1 fully saturated rings. The number of nitriles is 1. The summed E-state index contributed by atoms with van der Waals surface area (Å²) in [7, 11) is 0. The predicted molar refractivity (Wildman–Crippen MR) is 150 cm³/mol. The van der Waals surface area contributed by atoms with Gasteiger partial charge in [0, 0.05) is 30.1 Å². The van der Waals surface area contributed by atoms with Crippen LogP contribution in [0, 0.1) is 48.1 Å². The maximum Gasteiger partial charge on any atom is 0.318 e. The molecule has 0 bridgehead atoms. The largest absolute Gasteiger partial charge is 0.334 e.